The van der Waals surface area contributed by atoms with E-state index in [2.05, 4.69) is 4.74 Å². The highest BCUT2D eigenvalue weighted by Gasteiger charge is 2.61. The van der Waals surface area contributed by atoms with Crippen molar-refractivity contribution in [2.45, 2.75) is 13.8 Å². The van der Waals surface area contributed by atoms with Crippen molar-refractivity contribution in [2.24, 2.45) is 17.3 Å². The molecule has 4 heteroatoms. The van der Waals surface area contributed by atoms with Crippen molar-refractivity contribution in [3.8, 4) is 0 Å². The number of hydrogen-bond donors (Lipinski definition) is 0. The monoisotopic (exact) mass is 206 g/mol. The van der Waals surface area contributed by atoms with Crippen molar-refractivity contribution < 1.29 is 13.9 Å². The molecule has 74 valence electrons. The zero-order valence-corrected chi connectivity index (χ0v) is 8.56. The van der Waals surface area contributed by atoms with Crippen LogP contribution >= 0.6 is 11.6 Å². The van der Waals surface area contributed by atoms with Crippen LogP contribution in [0, 0.1) is 17.3 Å². The molecule has 0 radical (unpaired) electrons. The molecular formula is C9H12ClFO2. The lowest BCUT2D eigenvalue weighted by atomic mass is 10.1. The van der Waals surface area contributed by atoms with Crippen molar-refractivity contribution in [1.82, 2.24) is 0 Å². The molecule has 2 atom stereocenters. The van der Waals surface area contributed by atoms with Gasteiger partial charge in [-0.2, -0.15) is 4.39 Å². The molecule has 0 aromatic heterocycles. The number of esters is 1. The van der Waals surface area contributed by atoms with Gasteiger partial charge in [0.05, 0.1) is 13.0 Å². The number of hydrogen-bond acceptors (Lipinski definition) is 2. The van der Waals surface area contributed by atoms with Crippen molar-refractivity contribution >= 4 is 17.6 Å². The van der Waals surface area contributed by atoms with Gasteiger partial charge in [0.15, 0.2) is 5.29 Å². The fraction of sp³-hybridized carbons (Fsp3) is 0.667. The van der Waals surface area contributed by atoms with Gasteiger partial charge in [-0.25, -0.2) is 0 Å². The van der Waals surface area contributed by atoms with Gasteiger partial charge < -0.3 is 4.74 Å². The van der Waals surface area contributed by atoms with E-state index in [4.69, 9.17) is 11.6 Å². The van der Waals surface area contributed by atoms with Gasteiger partial charge in [-0.15, -0.1) is 0 Å². The van der Waals surface area contributed by atoms with Gasteiger partial charge >= 0.3 is 5.97 Å². The quantitative estimate of drug-likeness (QED) is 0.649. The SMILES string of the molecule is COC(=O)[C@@H]1[C@@H](/C=C(\F)Cl)C1(C)C. The van der Waals surface area contributed by atoms with Crippen LogP contribution in [0.15, 0.2) is 11.4 Å². The predicted octanol–water partition coefficient (Wildman–Crippen LogP) is 2.48. The smallest absolute Gasteiger partial charge is 0.309 e. The van der Waals surface area contributed by atoms with E-state index in [1.165, 1.54) is 13.2 Å². The molecule has 0 unspecified atom stereocenters. The van der Waals surface area contributed by atoms with Gasteiger partial charge in [0.25, 0.3) is 0 Å². The predicted molar refractivity (Wildman–Crippen MR) is 47.8 cm³/mol. The lowest BCUT2D eigenvalue weighted by molar-refractivity contribution is -0.143. The van der Waals surface area contributed by atoms with Crippen LogP contribution in [0.3, 0.4) is 0 Å². The van der Waals surface area contributed by atoms with E-state index in [-0.39, 0.29) is 23.2 Å². The summed E-state index contributed by atoms with van der Waals surface area (Å²) in [7, 11) is 1.33. The normalized spacial score (nSPS) is 31.3. The molecule has 13 heavy (non-hydrogen) atoms. The van der Waals surface area contributed by atoms with Gasteiger partial charge in [0.1, 0.15) is 0 Å². The minimum Gasteiger partial charge on any atom is -0.469 e. The molecule has 1 fully saturated rings. The van der Waals surface area contributed by atoms with Crippen LogP contribution in [-0.2, 0) is 9.53 Å². The summed E-state index contributed by atoms with van der Waals surface area (Å²) in [6.07, 6.45) is 1.27. The van der Waals surface area contributed by atoms with Crippen molar-refractivity contribution in [3.63, 3.8) is 0 Å². The first-order chi connectivity index (χ1) is 5.91. The van der Waals surface area contributed by atoms with Crippen LogP contribution in [0.5, 0.6) is 0 Å². The van der Waals surface area contributed by atoms with Gasteiger partial charge in [-0.1, -0.05) is 25.4 Å². The number of methoxy groups -OCH3 is 1. The summed E-state index contributed by atoms with van der Waals surface area (Å²) in [5.41, 5.74) is -0.237. The Kier molecular flexibility index (Phi) is 2.66. The summed E-state index contributed by atoms with van der Waals surface area (Å²) in [6.45, 7) is 3.77. The van der Waals surface area contributed by atoms with Gasteiger partial charge in [0, 0.05) is 5.92 Å². The highest BCUT2D eigenvalue weighted by atomic mass is 35.5. The molecule has 0 aromatic rings. The van der Waals surface area contributed by atoms with E-state index >= 15 is 0 Å². The van der Waals surface area contributed by atoms with E-state index < -0.39 is 5.29 Å². The standard InChI is InChI=1S/C9H12ClFO2/c1-9(2)5(4-6(10)11)7(9)8(12)13-3/h4-5,7H,1-3H3/b6-4-/t5-,7+/m1/s1. The molecule has 0 aliphatic heterocycles. The highest BCUT2D eigenvalue weighted by Crippen LogP contribution is 2.59. The molecule has 0 N–H and O–H groups in total. The molecule has 0 heterocycles. The molecule has 1 rings (SSSR count). The van der Waals surface area contributed by atoms with Crippen LogP contribution in [0.2, 0.25) is 0 Å². The zero-order chi connectivity index (χ0) is 10.2. The maximum absolute atomic E-state index is 12.4. The van der Waals surface area contributed by atoms with Crippen LogP contribution in [-0.4, -0.2) is 13.1 Å². The second-order valence-electron chi connectivity index (χ2n) is 3.80. The van der Waals surface area contributed by atoms with E-state index in [0.717, 1.165) is 0 Å². The van der Waals surface area contributed by atoms with Crippen molar-refractivity contribution in [2.75, 3.05) is 7.11 Å². The maximum Gasteiger partial charge on any atom is 0.309 e. The summed E-state index contributed by atoms with van der Waals surface area (Å²) >= 11 is 5.10. The molecule has 1 saturated carbocycles. The molecule has 1 aliphatic rings. The van der Waals surface area contributed by atoms with E-state index in [1.54, 1.807) is 0 Å². The third kappa shape index (κ3) is 1.85. The first-order valence-electron chi connectivity index (χ1n) is 4.02. The summed E-state index contributed by atoms with van der Waals surface area (Å²) in [4.78, 5) is 11.2. The third-order valence-corrected chi connectivity index (χ3v) is 2.80. The zero-order valence-electron chi connectivity index (χ0n) is 7.80. The summed E-state index contributed by atoms with van der Waals surface area (Å²) in [5.74, 6) is -0.705. The van der Waals surface area contributed by atoms with E-state index in [9.17, 15) is 9.18 Å². The lowest BCUT2D eigenvalue weighted by Crippen LogP contribution is -2.07. The summed E-state index contributed by atoms with van der Waals surface area (Å²) in [5, 5.41) is -0.760. The minimum absolute atomic E-state index is 0.141. The summed E-state index contributed by atoms with van der Waals surface area (Å²) < 4.78 is 16.9. The molecule has 0 bridgehead atoms. The van der Waals surface area contributed by atoms with Gasteiger partial charge in [-0.3, -0.25) is 4.79 Å². The average Bonchev–Trinajstić information content (AvgIpc) is 2.51. The summed E-state index contributed by atoms with van der Waals surface area (Å²) in [6, 6.07) is 0. The Hall–Kier alpha value is -0.570. The minimum atomic E-state index is -0.760. The molecule has 0 spiro atoms. The van der Waals surface area contributed by atoms with E-state index in [0.29, 0.717) is 0 Å². The molecule has 1 aliphatic carbocycles. The Morgan fingerprint density at radius 1 is 1.62 bits per heavy atom. The van der Waals surface area contributed by atoms with Crippen LogP contribution in [0.25, 0.3) is 0 Å². The number of allylic oxidation sites excluding steroid dienone is 1. The van der Waals surface area contributed by atoms with Gasteiger partial charge in [0.2, 0.25) is 0 Å². The molecule has 0 aromatic carbocycles. The first-order valence-corrected chi connectivity index (χ1v) is 4.39. The topological polar surface area (TPSA) is 26.3 Å². The largest absolute Gasteiger partial charge is 0.469 e. The Balaban J connectivity index is 2.72. The Labute approximate surface area is 81.7 Å². The third-order valence-electron chi connectivity index (χ3n) is 2.67. The van der Waals surface area contributed by atoms with Crippen LogP contribution in [0.1, 0.15) is 13.8 Å². The molecular weight excluding hydrogens is 195 g/mol. The number of rotatable bonds is 2. The maximum atomic E-state index is 12.4. The van der Waals surface area contributed by atoms with Gasteiger partial charge in [-0.05, 0) is 11.5 Å². The Bertz CT molecular complexity index is 256. The second-order valence-corrected chi connectivity index (χ2v) is 4.17. The molecule has 0 amide bonds. The number of halogens is 2. The average molecular weight is 207 g/mol. The lowest BCUT2D eigenvalue weighted by Gasteiger charge is -1.98. The van der Waals surface area contributed by atoms with Crippen molar-refractivity contribution in [3.05, 3.63) is 11.4 Å². The Morgan fingerprint density at radius 2 is 2.15 bits per heavy atom. The van der Waals surface area contributed by atoms with Crippen LogP contribution in [0.4, 0.5) is 4.39 Å². The van der Waals surface area contributed by atoms with Crippen molar-refractivity contribution in [1.29, 1.82) is 0 Å². The number of carbonyl (C=O) groups excluding carboxylic acids is 1. The fourth-order valence-corrected chi connectivity index (χ4v) is 1.84. The highest BCUT2D eigenvalue weighted by molar-refractivity contribution is 6.28. The van der Waals surface area contributed by atoms with E-state index in [1.807, 2.05) is 13.8 Å². The molecule has 0 saturated heterocycles. The second kappa shape index (κ2) is 3.29. The van der Waals surface area contributed by atoms with Crippen LogP contribution < -0.4 is 0 Å². The number of carbonyl (C=O) groups is 1. The Morgan fingerprint density at radius 3 is 2.54 bits per heavy atom. The molecule has 2 nitrogen and oxygen atoms in total. The number of ether oxygens (including phenoxy) is 1. The first kappa shape index (κ1) is 10.5. The fourth-order valence-electron chi connectivity index (χ4n) is 1.70.